The molecule has 0 saturated carbocycles. The summed E-state index contributed by atoms with van der Waals surface area (Å²) < 4.78 is 0. The van der Waals surface area contributed by atoms with E-state index in [9.17, 15) is 5.11 Å². The van der Waals surface area contributed by atoms with Crippen LogP contribution in [0.25, 0.3) is 0 Å². The molecule has 92 valence electrons. The second-order valence-electron chi connectivity index (χ2n) is 5.07. The maximum atomic E-state index is 9.31. The summed E-state index contributed by atoms with van der Waals surface area (Å²) in [5, 5.41) is 13.8. The number of likely N-dealkylation sites (N-methyl/N-ethyl adjacent to an activating group) is 1. The van der Waals surface area contributed by atoms with E-state index in [0.717, 1.165) is 6.42 Å². The van der Waals surface area contributed by atoms with E-state index in [1.165, 1.54) is 0 Å². The predicted molar refractivity (Wildman–Crippen MR) is 70.5 cm³/mol. The van der Waals surface area contributed by atoms with Gasteiger partial charge in [0.25, 0.3) is 0 Å². The number of hydrogen-bond acceptors (Lipinski definition) is 3. The minimum atomic E-state index is -0.136. The first-order valence-electron chi connectivity index (χ1n) is 5.80. The summed E-state index contributed by atoms with van der Waals surface area (Å²) in [6.45, 7) is 11.3. The fourth-order valence-corrected chi connectivity index (χ4v) is 2.96. The molecule has 3 atom stereocenters. The first kappa shape index (κ1) is 15.3. The van der Waals surface area contributed by atoms with Crippen molar-refractivity contribution < 1.29 is 5.11 Å². The topological polar surface area (TPSA) is 32.3 Å². The third kappa shape index (κ3) is 5.79. The van der Waals surface area contributed by atoms with Crippen molar-refractivity contribution in [1.82, 2.24) is 5.32 Å². The third-order valence-corrected chi connectivity index (χ3v) is 4.68. The van der Waals surface area contributed by atoms with E-state index in [0.29, 0.717) is 16.4 Å². The first-order valence-corrected chi connectivity index (χ1v) is 6.74. The molecule has 0 rings (SSSR count). The lowest BCUT2D eigenvalue weighted by molar-refractivity contribution is 0.174. The van der Waals surface area contributed by atoms with Gasteiger partial charge >= 0.3 is 0 Å². The van der Waals surface area contributed by atoms with Gasteiger partial charge in [0.2, 0.25) is 0 Å². The minimum Gasteiger partial charge on any atom is -0.394 e. The molecule has 0 bridgehead atoms. The van der Waals surface area contributed by atoms with Crippen LogP contribution in [-0.4, -0.2) is 34.8 Å². The van der Waals surface area contributed by atoms with E-state index in [1.807, 2.05) is 18.8 Å². The number of hydrogen-bond donors (Lipinski definition) is 2. The second kappa shape index (κ2) is 6.77. The van der Waals surface area contributed by atoms with Crippen LogP contribution in [0.5, 0.6) is 0 Å². The van der Waals surface area contributed by atoms with E-state index in [1.54, 1.807) is 0 Å². The molecule has 0 aromatic carbocycles. The van der Waals surface area contributed by atoms with E-state index in [4.69, 9.17) is 0 Å². The van der Waals surface area contributed by atoms with E-state index < -0.39 is 0 Å². The Kier molecular flexibility index (Phi) is 6.89. The van der Waals surface area contributed by atoms with Crippen LogP contribution in [0, 0.1) is 5.92 Å². The zero-order valence-electron chi connectivity index (χ0n) is 11.0. The third-order valence-electron chi connectivity index (χ3n) is 3.08. The van der Waals surface area contributed by atoms with Crippen molar-refractivity contribution in [2.75, 3.05) is 13.7 Å². The monoisotopic (exact) mass is 233 g/mol. The van der Waals surface area contributed by atoms with Gasteiger partial charge in [0.1, 0.15) is 0 Å². The first-order chi connectivity index (χ1) is 6.84. The molecule has 3 heteroatoms. The van der Waals surface area contributed by atoms with Crippen LogP contribution in [0.3, 0.4) is 0 Å². The lowest BCUT2D eigenvalue weighted by Crippen LogP contribution is -2.45. The van der Waals surface area contributed by atoms with Crippen molar-refractivity contribution in [2.45, 2.75) is 57.1 Å². The molecule has 0 aromatic heterocycles. The molecule has 0 amide bonds. The zero-order chi connectivity index (χ0) is 12.1. The molecule has 0 aromatic rings. The van der Waals surface area contributed by atoms with Gasteiger partial charge in [-0.1, -0.05) is 27.7 Å². The summed E-state index contributed by atoms with van der Waals surface area (Å²) in [5.41, 5.74) is -0.136. The van der Waals surface area contributed by atoms with Crippen LogP contribution in [0.15, 0.2) is 0 Å². The van der Waals surface area contributed by atoms with Crippen molar-refractivity contribution in [2.24, 2.45) is 5.92 Å². The van der Waals surface area contributed by atoms with Crippen LogP contribution >= 0.6 is 11.8 Å². The van der Waals surface area contributed by atoms with Crippen LogP contribution in [0.2, 0.25) is 0 Å². The van der Waals surface area contributed by atoms with Gasteiger partial charge in [0, 0.05) is 16.0 Å². The summed E-state index contributed by atoms with van der Waals surface area (Å²) in [5.74, 6) is 0.715. The summed E-state index contributed by atoms with van der Waals surface area (Å²) in [7, 11) is 1.92. The number of thioether (sulfide) groups is 1. The molecule has 0 aliphatic rings. The normalized spacial score (nSPS) is 20.0. The van der Waals surface area contributed by atoms with Crippen molar-refractivity contribution >= 4 is 11.8 Å². The lowest BCUT2D eigenvalue weighted by Gasteiger charge is -2.31. The van der Waals surface area contributed by atoms with Gasteiger partial charge in [-0.15, -0.1) is 0 Å². The molecular weight excluding hydrogens is 206 g/mol. The minimum absolute atomic E-state index is 0.136. The Morgan fingerprint density at radius 1 is 1.27 bits per heavy atom. The summed E-state index contributed by atoms with van der Waals surface area (Å²) in [6, 6.07) is 0. The maximum Gasteiger partial charge on any atom is 0.0610 e. The Morgan fingerprint density at radius 2 is 1.80 bits per heavy atom. The van der Waals surface area contributed by atoms with Crippen molar-refractivity contribution in [1.29, 1.82) is 0 Å². The Hall–Kier alpha value is 0.270. The van der Waals surface area contributed by atoms with Gasteiger partial charge in [0.05, 0.1) is 6.61 Å². The summed E-state index contributed by atoms with van der Waals surface area (Å²) >= 11 is 2.01. The molecule has 0 saturated heterocycles. The number of aliphatic hydroxyl groups is 1. The van der Waals surface area contributed by atoms with Gasteiger partial charge in [0.15, 0.2) is 0 Å². The second-order valence-corrected chi connectivity index (χ2v) is 6.89. The fourth-order valence-electron chi connectivity index (χ4n) is 1.45. The Labute approximate surface area is 99.2 Å². The highest BCUT2D eigenvalue weighted by Crippen LogP contribution is 2.28. The van der Waals surface area contributed by atoms with Gasteiger partial charge in [-0.05, 0) is 26.3 Å². The molecule has 2 N–H and O–H groups in total. The average molecular weight is 233 g/mol. The molecule has 15 heavy (non-hydrogen) atoms. The smallest absolute Gasteiger partial charge is 0.0610 e. The maximum absolute atomic E-state index is 9.31. The standard InChI is InChI=1S/C12H27NOS/c1-9(2)11(4)15-10(3)7-12(5,8-14)13-6/h9-11,13-14H,7-8H2,1-6H3. The molecule has 0 spiro atoms. The van der Waals surface area contributed by atoms with Gasteiger partial charge in [-0.3, -0.25) is 0 Å². The number of nitrogens with one attached hydrogen (secondary N) is 1. The SMILES string of the molecule is CNC(C)(CO)CC(C)SC(C)C(C)C. The van der Waals surface area contributed by atoms with E-state index in [-0.39, 0.29) is 12.1 Å². The van der Waals surface area contributed by atoms with E-state index >= 15 is 0 Å². The molecule has 0 aliphatic carbocycles. The molecule has 0 aliphatic heterocycles. The number of aliphatic hydroxyl groups excluding tert-OH is 1. The molecular formula is C12H27NOS. The Bertz CT molecular complexity index is 169. The van der Waals surface area contributed by atoms with E-state index in [2.05, 4.69) is 39.9 Å². The molecule has 3 unspecified atom stereocenters. The van der Waals surface area contributed by atoms with Crippen LogP contribution in [0.4, 0.5) is 0 Å². The Balaban J connectivity index is 4.07. The largest absolute Gasteiger partial charge is 0.394 e. The molecule has 2 nitrogen and oxygen atoms in total. The average Bonchev–Trinajstić information content (AvgIpc) is 2.17. The van der Waals surface area contributed by atoms with Crippen molar-refractivity contribution in [3.05, 3.63) is 0 Å². The Morgan fingerprint density at radius 3 is 2.13 bits per heavy atom. The van der Waals surface area contributed by atoms with Gasteiger partial charge < -0.3 is 10.4 Å². The number of rotatable bonds is 7. The molecule has 0 fully saturated rings. The van der Waals surface area contributed by atoms with Gasteiger partial charge in [-0.2, -0.15) is 11.8 Å². The van der Waals surface area contributed by atoms with Crippen LogP contribution in [-0.2, 0) is 0 Å². The highest BCUT2D eigenvalue weighted by atomic mass is 32.2. The van der Waals surface area contributed by atoms with Crippen LogP contribution in [0.1, 0.15) is 41.0 Å². The van der Waals surface area contributed by atoms with Crippen molar-refractivity contribution in [3.63, 3.8) is 0 Å². The summed E-state index contributed by atoms with van der Waals surface area (Å²) in [4.78, 5) is 0. The summed E-state index contributed by atoms with van der Waals surface area (Å²) in [6.07, 6.45) is 1.00. The van der Waals surface area contributed by atoms with Gasteiger partial charge in [-0.25, -0.2) is 0 Å². The quantitative estimate of drug-likeness (QED) is 0.709. The van der Waals surface area contributed by atoms with Crippen molar-refractivity contribution in [3.8, 4) is 0 Å². The highest BCUT2D eigenvalue weighted by molar-refractivity contribution is 8.00. The van der Waals surface area contributed by atoms with Crippen LogP contribution < -0.4 is 5.32 Å². The highest BCUT2D eigenvalue weighted by Gasteiger charge is 2.25. The lowest BCUT2D eigenvalue weighted by atomic mass is 9.97. The predicted octanol–water partition coefficient (Wildman–Crippen LogP) is 2.51. The molecule has 0 heterocycles. The fraction of sp³-hybridized carbons (Fsp3) is 1.00. The molecule has 0 radical (unpaired) electrons. The zero-order valence-corrected chi connectivity index (χ0v) is 11.8.